The summed E-state index contributed by atoms with van der Waals surface area (Å²) in [6.07, 6.45) is 2.10. The fourth-order valence-corrected chi connectivity index (χ4v) is 0.846. The fourth-order valence-electron chi connectivity index (χ4n) is 0.846. The molecular weight excluding hydrogens is 112 g/mol. The molecular formula is C7H13N2+. The average molecular weight is 125 g/mol. The zero-order chi connectivity index (χ0) is 6.85. The van der Waals surface area contributed by atoms with E-state index in [0.29, 0.717) is 5.92 Å². The van der Waals surface area contributed by atoms with Gasteiger partial charge in [-0.05, 0) is 11.0 Å². The molecule has 0 bridgehead atoms. The van der Waals surface area contributed by atoms with E-state index in [-0.39, 0.29) is 0 Å². The van der Waals surface area contributed by atoms with Gasteiger partial charge in [-0.2, -0.15) is 0 Å². The normalized spacial score (nSPS) is 18.2. The molecule has 0 spiro atoms. The molecule has 1 heterocycles. The van der Waals surface area contributed by atoms with Crippen LogP contribution in [0, 0.1) is 5.92 Å². The highest BCUT2D eigenvalue weighted by atomic mass is 15.3. The molecule has 1 aliphatic heterocycles. The van der Waals surface area contributed by atoms with Crippen molar-refractivity contribution >= 4 is 0 Å². The monoisotopic (exact) mass is 125 g/mol. The molecule has 9 heavy (non-hydrogen) atoms. The van der Waals surface area contributed by atoms with Gasteiger partial charge in [-0.3, -0.25) is 0 Å². The lowest BCUT2D eigenvalue weighted by Crippen LogP contribution is -1.93. The molecule has 0 radical (unpaired) electrons. The SMILES string of the molecule is CC(C)C1=C[N+](C)=NC1. The molecule has 0 amide bonds. The van der Waals surface area contributed by atoms with Gasteiger partial charge in [-0.25, -0.2) is 0 Å². The highest BCUT2D eigenvalue weighted by Gasteiger charge is 2.13. The Morgan fingerprint density at radius 3 is 2.56 bits per heavy atom. The molecule has 0 aromatic rings. The maximum absolute atomic E-state index is 4.18. The number of rotatable bonds is 1. The van der Waals surface area contributed by atoms with Gasteiger partial charge < -0.3 is 0 Å². The van der Waals surface area contributed by atoms with Gasteiger partial charge in [0, 0.05) is 5.57 Å². The Hall–Kier alpha value is -0.660. The number of azo groups is 2. The van der Waals surface area contributed by atoms with Crippen molar-refractivity contribution in [3.05, 3.63) is 11.8 Å². The third-order valence-electron chi connectivity index (χ3n) is 1.57. The summed E-state index contributed by atoms with van der Waals surface area (Å²) in [4.78, 5) is 0. The van der Waals surface area contributed by atoms with Crippen LogP contribution in [0.3, 0.4) is 0 Å². The van der Waals surface area contributed by atoms with Crippen LogP contribution in [-0.4, -0.2) is 18.3 Å². The van der Waals surface area contributed by atoms with Crippen LogP contribution in [0.2, 0.25) is 0 Å². The van der Waals surface area contributed by atoms with Gasteiger partial charge in [0.2, 0.25) is 0 Å². The van der Waals surface area contributed by atoms with Crippen molar-refractivity contribution in [3.63, 3.8) is 0 Å². The summed E-state index contributed by atoms with van der Waals surface area (Å²) < 4.78 is 1.88. The molecule has 0 fully saturated rings. The van der Waals surface area contributed by atoms with Gasteiger partial charge in [0.25, 0.3) is 0 Å². The Balaban J connectivity index is 2.60. The molecule has 2 nitrogen and oxygen atoms in total. The zero-order valence-corrected chi connectivity index (χ0v) is 6.26. The molecule has 0 aliphatic carbocycles. The topological polar surface area (TPSA) is 15.4 Å². The predicted molar refractivity (Wildman–Crippen MR) is 36.4 cm³/mol. The minimum atomic E-state index is 0.652. The van der Waals surface area contributed by atoms with E-state index in [4.69, 9.17) is 0 Å². The third kappa shape index (κ3) is 1.37. The third-order valence-corrected chi connectivity index (χ3v) is 1.57. The smallest absolute Gasteiger partial charge is 0.0984 e. The van der Waals surface area contributed by atoms with E-state index in [1.54, 1.807) is 0 Å². The van der Waals surface area contributed by atoms with Crippen molar-refractivity contribution in [1.29, 1.82) is 0 Å². The van der Waals surface area contributed by atoms with E-state index in [0.717, 1.165) is 6.54 Å². The summed E-state index contributed by atoms with van der Waals surface area (Å²) in [5.74, 6) is 0.652. The summed E-state index contributed by atoms with van der Waals surface area (Å²) in [5.41, 5.74) is 1.43. The molecule has 0 unspecified atom stereocenters. The molecule has 0 aromatic heterocycles. The minimum Gasteiger partial charge on any atom is -0.0984 e. The maximum atomic E-state index is 4.18. The minimum absolute atomic E-state index is 0.652. The van der Waals surface area contributed by atoms with Crippen LogP contribution in [0.25, 0.3) is 0 Å². The second-order valence-electron chi connectivity index (χ2n) is 2.73. The molecule has 50 valence electrons. The quantitative estimate of drug-likeness (QED) is 0.473. The van der Waals surface area contributed by atoms with E-state index in [1.165, 1.54) is 5.57 Å². The highest BCUT2D eigenvalue weighted by Crippen LogP contribution is 2.13. The zero-order valence-electron chi connectivity index (χ0n) is 6.26. The van der Waals surface area contributed by atoms with E-state index in [1.807, 2.05) is 11.7 Å². The second kappa shape index (κ2) is 2.29. The standard InChI is InChI=1S/C7H13N2/c1-6(2)7-4-8-9(3)5-7/h5-6H,4H2,1-3H3/q+1. The lowest BCUT2D eigenvalue weighted by Gasteiger charge is -1.96. The van der Waals surface area contributed by atoms with Crippen molar-refractivity contribution in [1.82, 2.24) is 0 Å². The first-order valence-corrected chi connectivity index (χ1v) is 3.31. The number of hydrogen-bond acceptors (Lipinski definition) is 1. The van der Waals surface area contributed by atoms with Crippen LogP contribution >= 0.6 is 0 Å². The second-order valence-corrected chi connectivity index (χ2v) is 2.73. The summed E-state index contributed by atoms with van der Waals surface area (Å²) in [6, 6.07) is 0. The fraction of sp³-hybridized carbons (Fsp3) is 0.714. The van der Waals surface area contributed by atoms with Gasteiger partial charge in [0.05, 0.1) is 0 Å². The van der Waals surface area contributed by atoms with Crippen LogP contribution in [0.15, 0.2) is 16.9 Å². The van der Waals surface area contributed by atoms with Gasteiger partial charge in [0.15, 0.2) is 13.2 Å². The number of hydrogen-bond donors (Lipinski definition) is 0. The van der Waals surface area contributed by atoms with Crippen molar-refractivity contribution in [2.45, 2.75) is 13.8 Å². The molecule has 0 N–H and O–H groups in total. The summed E-state index contributed by atoms with van der Waals surface area (Å²) in [6.45, 7) is 5.29. The first kappa shape index (κ1) is 6.46. The first-order chi connectivity index (χ1) is 4.20. The Labute approximate surface area is 55.9 Å². The van der Waals surface area contributed by atoms with E-state index in [2.05, 4.69) is 25.2 Å². The van der Waals surface area contributed by atoms with E-state index >= 15 is 0 Å². The molecule has 0 atom stereocenters. The molecule has 1 rings (SSSR count). The van der Waals surface area contributed by atoms with Crippen LogP contribution in [0.4, 0.5) is 0 Å². The molecule has 1 aliphatic rings. The largest absolute Gasteiger partial charge is 0.197 e. The molecule has 0 aromatic carbocycles. The van der Waals surface area contributed by atoms with Gasteiger partial charge >= 0.3 is 0 Å². The van der Waals surface area contributed by atoms with Gasteiger partial charge in [-0.1, -0.05) is 18.5 Å². The van der Waals surface area contributed by atoms with Gasteiger partial charge in [-0.15, -0.1) is 0 Å². The molecule has 0 saturated carbocycles. The van der Waals surface area contributed by atoms with Gasteiger partial charge in [0.1, 0.15) is 6.54 Å². The summed E-state index contributed by atoms with van der Waals surface area (Å²) >= 11 is 0. The lowest BCUT2D eigenvalue weighted by molar-refractivity contribution is -0.491. The number of nitrogens with zero attached hydrogens (tertiary/aromatic N) is 2. The van der Waals surface area contributed by atoms with Crippen LogP contribution in [0.5, 0.6) is 0 Å². The summed E-state index contributed by atoms with van der Waals surface area (Å²) in [7, 11) is 1.97. The van der Waals surface area contributed by atoms with Crippen molar-refractivity contribution in [2.75, 3.05) is 13.6 Å². The Morgan fingerprint density at radius 1 is 1.67 bits per heavy atom. The van der Waals surface area contributed by atoms with Crippen LogP contribution in [0.1, 0.15) is 13.8 Å². The van der Waals surface area contributed by atoms with Crippen LogP contribution in [-0.2, 0) is 0 Å². The van der Waals surface area contributed by atoms with Crippen molar-refractivity contribution in [3.8, 4) is 0 Å². The maximum Gasteiger partial charge on any atom is 0.197 e. The van der Waals surface area contributed by atoms with Crippen molar-refractivity contribution in [2.24, 2.45) is 11.0 Å². The Morgan fingerprint density at radius 2 is 2.33 bits per heavy atom. The Kier molecular flexibility index (Phi) is 1.65. The van der Waals surface area contributed by atoms with E-state index in [9.17, 15) is 0 Å². The van der Waals surface area contributed by atoms with Crippen molar-refractivity contribution < 1.29 is 4.70 Å². The Bertz CT molecular complexity index is 166. The van der Waals surface area contributed by atoms with Crippen LogP contribution < -0.4 is 0 Å². The predicted octanol–water partition coefficient (Wildman–Crippen LogP) is 1.63. The first-order valence-electron chi connectivity index (χ1n) is 3.31. The lowest BCUT2D eigenvalue weighted by atomic mass is 10.1. The molecule has 2 heteroatoms. The average Bonchev–Trinajstić information content (AvgIpc) is 2.14. The van der Waals surface area contributed by atoms with E-state index < -0.39 is 0 Å². The summed E-state index contributed by atoms with van der Waals surface area (Å²) in [5, 5.41) is 4.18. The highest BCUT2D eigenvalue weighted by molar-refractivity contribution is 5.03. The molecule has 0 saturated heterocycles.